The highest BCUT2D eigenvalue weighted by atomic mass is 79.9. The van der Waals surface area contributed by atoms with Gasteiger partial charge in [-0.1, -0.05) is 94.8 Å². The number of para-hydroxylation sites is 1. The van der Waals surface area contributed by atoms with Crippen molar-refractivity contribution in [3.63, 3.8) is 0 Å². The second kappa shape index (κ2) is 16.4. The SMILES string of the molecule is CNC(=O)[C@H](Cc1c[nH]c2ccccc12)NC(=O)/C(=C/CCc1ccccc1)CC(=O)NNS(=O)(=O)c1ccc(-c2ccc(Br)cc2)cc1. The summed E-state index contributed by atoms with van der Waals surface area (Å²) in [5.74, 6) is -1.75. The van der Waals surface area contributed by atoms with Crippen molar-refractivity contribution >= 4 is 54.6 Å². The molecule has 0 radical (unpaired) electrons. The third-order valence-corrected chi connectivity index (χ3v) is 9.74. The zero-order chi connectivity index (χ0) is 34.8. The largest absolute Gasteiger partial charge is 0.361 e. The number of amides is 3. The molecule has 4 aromatic carbocycles. The minimum absolute atomic E-state index is 0.0456. The monoisotopic (exact) mass is 741 g/mol. The molecule has 0 unspecified atom stereocenters. The van der Waals surface area contributed by atoms with Crippen LogP contribution in [-0.2, 0) is 37.2 Å². The number of aromatic amines is 1. The molecule has 5 rings (SSSR count). The predicted octanol–water partition coefficient (Wildman–Crippen LogP) is 5.33. The Morgan fingerprint density at radius 1 is 0.857 bits per heavy atom. The fourth-order valence-electron chi connectivity index (χ4n) is 5.33. The number of nitrogens with one attached hydrogen (secondary N) is 5. The van der Waals surface area contributed by atoms with Gasteiger partial charge < -0.3 is 15.6 Å². The van der Waals surface area contributed by atoms with Crippen LogP contribution in [0.25, 0.3) is 22.0 Å². The summed E-state index contributed by atoms with van der Waals surface area (Å²) in [6.45, 7) is 0. The van der Waals surface area contributed by atoms with E-state index in [4.69, 9.17) is 0 Å². The van der Waals surface area contributed by atoms with Gasteiger partial charge in [-0.3, -0.25) is 19.8 Å². The van der Waals surface area contributed by atoms with Crippen molar-refractivity contribution in [2.75, 3.05) is 7.05 Å². The molecule has 0 bridgehead atoms. The third kappa shape index (κ3) is 9.53. The summed E-state index contributed by atoms with van der Waals surface area (Å²) in [5, 5.41) is 6.32. The molecule has 5 N–H and O–H groups in total. The number of likely N-dealkylation sites (N-methyl/N-ethyl adjacent to an activating group) is 1. The number of H-pyrrole nitrogens is 1. The van der Waals surface area contributed by atoms with Crippen LogP contribution in [0.3, 0.4) is 0 Å². The van der Waals surface area contributed by atoms with E-state index in [1.165, 1.54) is 19.2 Å². The number of hydrogen-bond donors (Lipinski definition) is 5. The first-order chi connectivity index (χ1) is 23.6. The second-order valence-corrected chi connectivity index (χ2v) is 13.9. The molecular formula is C37H36BrN5O5S. The summed E-state index contributed by atoms with van der Waals surface area (Å²) in [4.78, 5) is 44.9. The van der Waals surface area contributed by atoms with Crippen LogP contribution in [0.4, 0.5) is 0 Å². The molecule has 0 aliphatic carbocycles. The van der Waals surface area contributed by atoms with Crippen molar-refractivity contribution in [3.8, 4) is 11.1 Å². The highest BCUT2D eigenvalue weighted by molar-refractivity contribution is 9.10. The van der Waals surface area contributed by atoms with Crippen LogP contribution >= 0.6 is 15.9 Å². The Balaban J connectivity index is 1.27. The Morgan fingerprint density at radius 2 is 1.51 bits per heavy atom. The first-order valence-electron chi connectivity index (χ1n) is 15.6. The molecule has 0 aliphatic heterocycles. The van der Waals surface area contributed by atoms with Gasteiger partial charge in [0.05, 0.1) is 11.3 Å². The average Bonchev–Trinajstić information content (AvgIpc) is 3.53. The Kier molecular flexibility index (Phi) is 11.8. The second-order valence-electron chi connectivity index (χ2n) is 11.3. The van der Waals surface area contributed by atoms with Crippen molar-refractivity contribution in [1.29, 1.82) is 0 Å². The van der Waals surface area contributed by atoms with E-state index in [-0.39, 0.29) is 16.9 Å². The maximum Gasteiger partial charge on any atom is 0.257 e. The summed E-state index contributed by atoms with van der Waals surface area (Å²) < 4.78 is 26.9. The first kappa shape index (κ1) is 35.3. The molecule has 252 valence electrons. The predicted molar refractivity (Wildman–Crippen MR) is 194 cm³/mol. The molecule has 0 aliphatic rings. The number of rotatable bonds is 14. The van der Waals surface area contributed by atoms with Crippen molar-refractivity contribution in [3.05, 3.63) is 137 Å². The number of carbonyl (C=O) groups excluding carboxylic acids is 3. The van der Waals surface area contributed by atoms with Gasteiger partial charge in [0, 0.05) is 40.6 Å². The summed E-state index contributed by atoms with van der Waals surface area (Å²) in [6.07, 6.45) is 4.26. The molecule has 10 nitrogen and oxygen atoms in total. The van der Waals surface area contributed by atoms with E-state index in [1.807, 2.05) is 78.9 Å². The fourth-order valence-corrected chi connectivity index (χ4v) is 6.45. The zero-order valence-electron chi connectivity index (χ0n) is 26.7. The lowest BCUT2D eigenvalue weighted by Gasteiger charge is -2.18. The number of allylic oxidation sites excluding steroid dienone is 1. The van der Waals surface area contributed by atoms with Gasteiger partial charge in [0.1, 0.15) is 6.04 Å². The van der Waals surface area contributed by atoms with E-state index in [2.05, 4.69) is 41.8 Å². The van der Waals surface area contributed by atoms with Gasteiger partial charge in [-0.2, -0.15) is 0 Å². The maximum atomic E-state index is 13.6. The van der Waals surface area contributed by atoms with E-state index >= 15 is 0 Å². The van der Waals surface area contributed by atoms with Crippen LogP contribution < -0.4 is 20.9 Å². The van der Waals surface area contributed by atoms with Gasteiger partial charge in [0.15, 0.2) is 0 Å². The first-order valence-corrected chi connectivity index (χ1v) is 17.9. The summed E-state index contributed by atoms with van der Waals surface area (Å²) in [5.41, 5.74) is 6.85. The van der Waals surface area contributed by atoms with E-state index in [0.29, 0.717) is 12.8 Å². The molecule has 0 saturated carbocycles. The number of halogens is 1. The molecule has 0 spiro atoms. The van der Waals surface area contributed by atoms with Crippen molar-refractivity contribution < 1.29 is 22.8 Å². The van der Waals surface area contributed by atoms with Gasteiger partial charge in [-0.15, -0.1) is 4.83 Å². The Bertz CT molecular complexity index is 2060. The van der Waals surface area contributed by atoms with E-state index in [1.54, 1.807) is 24.4 Å². The molecular weight excluding hydrogens is 706 g/mol. The summed E-state index contributed by atoms with van der Waals surface area (Å²) in [6, 6.07) is 30.2. The lowest BCUT2D eigenvalue weighted by Crippen LogP contribution is -2.48. The summed E-state index contributed by atoms with van der Waals surface area (Å²) in [7, 11) is -2.63. The average molecular weight is 743 g/mol. The van der Waals surface area contributed by atoms with Crippen LogP contribution in [-0.4, -0.2) is 44.2 Å². The number of sulfonamides is 1. The van der Waals surface area contributed by atoms with Crippen LogP contribution in [0.5, 0.6) is 0 Å². The minimum atomic E-state index is -4.12. The van der Waals surface area contributed by atoms with E-state index < -0.39 is 40.2 Å². The molecule has 0 fully saturated rings. The van der Waals surface area contributed by atoms with Gasteiger partial charge >= 0.3 is 0 Å². The zero-order valence-corrected chi connectivity index (χ0v) is 29.1. The van der Waals surface area contributed by atoms with Crippen LogP contribution in [0, 0.1) is 0 Å². The lowest BCUT2D eigenvalue weighted by molar-refractivity contribution is -0.127. The van der Waals surface area contributed by atoms with Crippen LogP contribution in [0.2, 0.25) is 0 Å². The van der Waals surface area contributed by atoms with Crippen molar-refractivity contribution in [1.82, 2.24) is 25.9 Å². The Labute approximate surface area is 293 Å². The standard InChI is InChI=1S/C37H36BrN5O5S/c1-39-37(46)34(22-29-24-40-33-13-6-5-12-32(29)33)41-36(45)28(11-7-10-25-8-3-2-4-9-25)23-35(44)42-43-49(47,48)31-20-16-27(17-21-31)26-14-18-30(38)19-15-26/h2-6,8-9,11-21,24,34,40,43H,7,10,22-23H2,1H3,(H,39,46)(H,41,45)(H,42,44)/b28-11+/t34-/m0/s1. The van der Waals surface area contributed by atoms with Gasteiger partial charge in [0.25, 0.3) is 10.0 Å². The smallest absolute Gasteiger partial charge is 0.257 e. The van der Waals surface area contributed by atoms with Crippen LogP contribution in [0.15, 0.2) is 130 Å². The molecule has 1 heterocycles. The third-order valence-electron chi connectivity index (χ3n) is 7.94. The molecule has 12 heteroatoms. The summed E-state index contributed by atoms with van der Waals surface area (Å²) >= 11 is 3.40. The van der Waals surface area contributed by atoms with E-state index in [0.717, 1.165) is 37.6 Å². The number of aromatic nitrogens is 1. The Hall–Kier alpha value is -5.04. The number of hydrogen-bond acceptors (Lipinski definition) is 5. The number of carbonyl (C=O) groups is 3. The molecule has 5 aromatic rings. The van der Waals surface area contributed by atoms with Crippen molar-refractivity contribution in [2.24, 2.45) is 0 Å². The molecule has 0 saturated heterocycles. The number of hydrazine groups is 1. The normalized spacial score (nSPS) is 12.3. The molecule has 49 heavy (non-hydrogen) atoms. The van der Waals surface area contributed by atoms with Gasteiger partial charge in [-0.25, -0.2) is 8.42 Å². The topological polar surface area (TPSA) is 149 Å². The fraction of sp³-hybridized carbons (Fsp3) is 0.162. The molecule has 1 aromatic heterocycles. The van der Waals surface area contributed by atoms with E-state index in [9.17, 15) is 22.8 Å². The number of benzene rings is 4. The molecule has 3 amide bonds. The lowest BCUT2D eigenvalue weighted by atomic mass is 10.0. The quantitative estimate of drug-likeness (QED) is 0.0771. The van der Waals surface area contributed by atoms with Crippen LogP contribution in [0.1, 0.15) is 24.0 Å². The van der Waals surface area contributed by atoms with Gasteiger partial charge in [-0.05, 0) is 65.4 Å². The maximum absolute atomic E-state index is 13.6. The minimum Gasteiger partial charge on any atom is -0.361 e. The highest BCUT2D eigenvalue weighted by Gasteiger charge is 2.25. The van der Waals surface area contributed by atoms with Gasteiger partial charge in [0.2, 0.25) is 17.7 Å². The Morgan fingerprint density at radius 3 is 2.20 bits per heavy atom. The van der Waals surface area contributed by atoms with Crippen molar-refractivity contribution in [2.45, 2.75) is 36.6 Å². The number of fused-ring (bicyclic) bond motifs is 1. The number of aryl methyl sites for hydroxylation is 1. The molecule has 1 atom stereocenters. The highest BCUT2D eigenvalue weighted by Crippen LogP contribution is 2.23.